The first kappa shape index (κ1) is 16.6. The summed E-state index contributed by atoms with van der Waals surface area (Å²) >= 11 is 0. The fraction of sp³-hybridized carbons (Fsp3) is 0.211. The SMILES string of the molecule is COc1cccc(/C=C/C(=O)NCCc2ccccc2)c1OC. The standard InChI is InChI=1S/C19H21NO3/c1-22-17-10-6-9-16(19(17)23-2)11-12-18(21)20-14-13-15-7-4-3-5-8-15/h3-12H,13-14H2,1-2H3,(H,20,21)/b12-11+. The lowest BCUT2D eigenvalue weighted by Gasteiger charge is -2.09. The summed E-state index contributed by atoms with van der Waals surface area (Å²) in [6, 6.07) is 15.6. The van der Waals surface area contributed by atoms with E-state index in [1.54, 1.807) is 20.3 Å². The average molecular weight is 311 g/mol. The number of para-hydroxylation sites is 1. The molecule has 120 valence electrons. The van der Waals surface area contributed by atoms with Gasteiger partial charge in [-0.15, -0.1) is 0 Å². The number of carbonyl (C=O) groups is 1. The van der Waals surface area contributed by atoms with E-state index >= 15 is 0 Å². The summed E-state index contributed by atoms with van der Waals surface area (Å²) in [5, 5.41) is 2.87. The normalized spacial score (nSPS) is 10.5. The number of ether oxygens (including phenoxy) is 2. The van der Waals surface area contributed by atoms with Gasteiger partial charge in [-0.2, -0.15) is 0 Å². The first-order chi connectivity index (χ1) is 11.2. The van der Waals surface area contributed by atoms with Gasteiger partial charge in [0, 0.05) is 18.2 Å². The maximum atomic E-state index is 11.9. The molecule has 1 N–H and O–H groups in total. The number of rotatable bonds is 7. The second kappa shape index (κ2) is 8.63. The number of amides is 1. The largest absolute Gasteiger partial charge is 0.493 e. The maximum Gasteiger partial charge on any atom is 0.244 e. The Bertz CT molecular complexity index is 666. The van der Waals surface area contributed by atoms with Crippen molar-refractivity contribution in [1.29, 1.82) is 0 Å². The fourth-order valence-corrected chi connectivity index (χ4v) is 2.24. The number of nitrogens with one attached hydrogen (secondary N) is 1. The zero-order chi connectivity index (χ0) is 16.5. The van der Waals surface area contributed by atoms with Crippen LogP contribution in [-0.4, -0.2) is 26.7 Å². The highest BCUT2D eigenvalue weighted by Crippen LogP contribution is 2.31. The van der Waals surface area contributed by atoms with E-state index in [2.05, 4.69) is 5.32 Å². The van der Waals surface area contributed by atoms with Crippen LogP contribution in [0.15, 0.2) is 54.6 Å². The summed E-state index contributed by atoms with van der Waals surface area (Å²) in [6.07, 6.45) is 4.03. The lowest BCUT2D eigenvalue weighted by molar-refractivity contribution is -0.116. The smallest absolute Gasteiger partial charge is 0.244 e. The molecule has 2 rings (SSSR count). The fourth-order valence-electron chi connectivity index (χ4n) is 2.24. The number of benzene rings is 2. The van der Waals surface area contributed by atoms with Crippen LogP contribution in [0, 0.1) is 0 Å². The molecule has 0 spiro atoms. The van der Waals surface area contributed by atoms with Gasteiger partial charge < -0.3 is 14.8 Å². The molecule has 2 aromatic rings. The molecular formula is C19H21NO3. The van der Waals surface area contributed by atoms with Crippen molar-refractivity contribution < 1.29 is 14.3 Å². The summed E-state index contributed by atoms with van der Waals surface area (Å²) < 4.78 is 10.6. The van der Waals surface area contributed by atoms with E-state index in [-0.39, 0.29) is 5.91 Å². The van der Waals surface area contributed by atoms with Crippen molar-refractivity contribution in [3.63, 3.8) is 0 Å². The lowest BCUT2D eigenvalue weighted by Crippen LogP contribution is -2.23. The molecule has 0 aliphatic heterocycles. The monoisotopic (exact) mass is 311 g/mol. The molecule has 0 bridgehead atoms. The summed E-state index contributed by atoms with van der Waals surface area (Å²) in [5.41, 5.74) is 2.00. The lowest BCUT2D eigenvalue weighted by atomic mass is 10.1. The highest BCUT2D eigenvalue weighted by molar-refractivity contribution is 5.92. The number of methoxy groups -OCH3 is 2. The van der Waals surface area contributed by atoms with Gasteiger partial charge >= 0.3 is 0 Å². The molecule has 0 radical (unpaired) electrons. The van der Waals surface area contributed by atoms with E-state index in [4.69, 9.17) is 9.47 Å². The molecule has 0 saturated heterocycles. The van der Waals surface area contributed by atoms with Gasteiger partial charge in [0.2, 0.25) is 5.91 Å². The van der Waals surface area contributed by atoms with Gasteiger partial charge in [-0.3, -0.25) is 4.79 Å². The molecular weight excluding hydrogens is 290 g/mol. The van der Waals surface area contributed by atoms with Crippen molar-refractivity contribution >= 4 is 12.0 Å². The van der Waals surface area contributed by atoms with Crippen LogP contribution in [0.25, 0.3) is 6.08 Å². The molecule has 0 atom stereocenters. The van der Waals surface area contributed by atoms with Crippen LogP contribution in [0.1, 0.15) is 11.1 Å². The Morgan fingerprint density at radius 3 is 2.52 bits per heavy atom. The average Bonchev–Trinajstić information content (AvgIpc) is 2.60. The minimum absolute atomic E-state index is 0.134. The Hall–Kier alpha value is -2.75. The molecule has 0 aliphatic carbocycles. The summed E-state index contributed by atoms with van der Waals surface area (Å²) in [6.45, 7) is 0.600. The Kier molecular flexibility index (Phi) is 6.24. The van der Waals surface area contributed by atoms with Crippen LogP contribution in [0.3, 0.4) is 0 Å². The van der Waals surface area contributed by atoms with E-state index < -0.39 is 0 Å². The Morgan fingerprint density at radius 2 is 1.83 bits per heavy atom. The third-order valence-electron chi connectivity index (χ3n) is 3.40. The van der Waals surface area contributed by atoms with Crippen molar-refractivity contribution in [2.24, 2.45) is 0 Å². The Morgan fingerprint density at radius 1 is 1.04 bits per heavy atom. The zero-order valence-electron chi connectivity index (χ0n) is 13.4. The summed E-state index contributed by atoms with van der Waals surface area (Å²) in [5.74, 6) is 1.12. The van der Waals surface area contributed by atoms with Gasteiger partial charge in [-0.1, -0.05) is 42.5 Å². The Balaban J connectivity index is 1.91. The van der Waals surface area contributed by atoms with Crippen LogP contribution in [0.2, 0.25) is 0 Å². The predicted molar refractivity (Wildman–Crippen MR) is 91.7 cm³/mol. The van der Waals surface area contributed by atoms with Gasteiger partial charge in [0.1, 0.15) is 0 Å². The maximum absolute atomic E-state index is 11.9. The van der Waals surface area contributed by atoms with Gasteiger partial charge in [-0.25, -0.2) is 0 Å². The molecule has 2 aromatic carbocycles. The first-order valence-electron chi connectivity index (χ1n) is 7.45. The van der Waals surface area contributed by atoms with E-state index in [0.717, 1.165) is 12.0 Å². The number of carbonyl (C=O) groups excluding carboxylic acids is 1. The predicted octanol–water partition coefficient (Wildman–Crippen LogP) is 3.08. The van der Waals surface area contributed by atoms with Crippen molar-refractivity contribution in [2.45, 2.75) is 6.42 Å². The van der Waals surface area contributed by atoms with Crippen molar-refractivity contribution in [3.8, 4) is 11.5 Å². The van der Waals surface area contributed by atoms with Gasteiger partial charge in [0.05, 0.1) is 14.2 Å². The van der Waals surface area contributed by atoms with Gasteiger partial charge in [0.15, 0.2) is 11.5 Å². The summed E-state index contributed by atoms with van der Waals surface area (Å²) in [7, 11) is 3.16. The Labute approximate surface area is 136 Å². The molecule has 23 heavy (non-hydrogen) atoms. The van der Waals surface area contributed by atoms with E-state index in [9.17, 15) is 4.79 Å². The molecule has 0 heterocycles. The van der Waals surface area contributed by atoms with Crippen LogP contribution in [0.5, 0.6) is 11.5 Å². The third kappa shape index (κ3) is 4.88. The van der Waals surface area contributed by atoms with Crippen molar-refractivity contribution in [3.05, 3.63) is 65.7 Å². The second-order valence-electron chi connectivity index (χ2n) is 4.94. The number of hydrogen-bond acceptors (Lipinski definition) is 3. The molecule has 0 aliphatic rings. The molecule has 0 aromatic heterocycles. The molecule has 0 fully saturated rings. The van der Waals surface area contributed by atoms with Crippen LogP contribution in [0.4, 0.5) is 0 Å². The van der Waals surface area contributed by atoms with Crippen LogP contribution in [-0.2, 0) is 11.2 Å². The third-order valence-corrected chi connectivity index (χ3v) is 3.40. The van der Waals surface area contributed by atoms with Crippen LogP contribution < -0.4 is 14.8 Å². The molecule has 4 heteroatoms. The van der Waals surface area contributed by atoms with Crippen molar-refractivity contribution in [1.82, 2.24) is 5.32 Å². The van der Waals surface area contributed by atoms with Gasteiger partial charge in [0.25, 0.3) is 0 Å². The minimum Gasteiger partial charge on any atom is -0.493 e. The quantitative estimate of drug-likeness (QED) is 0.799. The van der Waals surface area contributed by atoms with E-state index in [1.165, 1.54) is 11.6 Å². The van der Waals surface area contributed by atoms with E-state index in [0.29, 0.717) is 18.0 Å². The van der Waals surface area contributed by atoms with E-state index in [1.807, 2.05) is 48.5 Å². The zero-order valence-corrected chi connectivity index (χ0v) is 13.4. The summed E-state index contributed by atoms with van der Waals surface area (Å²) in [4.78, 5) is 11.9. The minimum atomic E-state index is -0.134. The molecule has 4 nitrogen and oxygen atoms in total. The van der Waals surface area contributed by atoms with Crippen LogP contribution >= 0.6 is 0 Å². The van der Waals surface area contributed by atoms with Gasteiger partial charge in [-0.05, 0) is 24.1 Å². The number of hydrogen-bond donors (Lipinski definition) is 1. The topological polar surface area (TPSA) is 47.6 Å². The highest BCUT2D eigenvalue weighted by atomic mass is 16.5. The first-order valence-corrected chi connectivity index (χ1v) is 7.45. The second-order valence-corrected chi connectivity index (χ2v) is 4.94. The molecule has 0 saturated carbocycles. The van der Waals surface area contributed by atoms with Crippen molar-refractivity contribution in [2.75, 3.05) is 20.8 Å². The molecule has 1 amide bonds. The highest BCUT2D eigenvalue weighted by Gasteiger charge is 2.07. The molecule has 0 unspecified atom stereocenters.